The quantitative estimate of drug-likeness (QED) is 0.802. The van der Waals surface area contributed by atoms with E-state index in [4.69, 9.17) is 0 Å². The summed E-state index contributed by atoms with van der Waals surface area (Å²) in [6.45, 7) is 0. The maximum atomic E-state index is 10.3. The van der Waals surface area contributed by atoms with E-state index >= 15 is 0 Å². The highest BCUT2D eigenvalue weighted by molar-refractivity contribution is 9.10. The molecule has 0 aliphatic carbocycles. The van der Waals surface area contributed by atoms with Crippen LogP contribution in [0.2, 0.25) is 0 Å². The number of nitrogens with zero attached hydrogens (tertiary/aromatic N) is 3. The molecule has 1 atom stereocenters. The highest BCUT2D eigenvalue weighted by Gasteiger charge is 2.11. The minimum absolute atomic E-state index is 0.468. The predicted molar refractivity (Wildman–Crippen MR) is 81.3 cm³/mol. The Morgan fingerprint density at radius 1 is 1.20 bits per heavy atom. The van der Waals surface area contributed by atoms with Gasteiger partial charge in [0, 0.05) is 24.1 Å². The topological polar surface area (TPSA) is 50.9 Å². The highest BCUT2D eigenvalue weighted by Crippen LogP contribution is 2.25. The normalized spacial score (nSPS) is 12.8. The molecule has 0 amide bonds. The van der Waals surface area contributed by atoms with Crippen molar-refractivity contribution < 1.29 is 5.11 Å². The number of fused-ring (bicyclic) bond motifs is 1. The van der Waals surface area contributed by atoms with Gasteiger partial charge in [0.1, 0.15) is 0 Å². The molecular formula is C15H14BrN3O. The van der Waals surface area contributed by atoms with Crippen LogP contribution in [0, 0.1) is 0 Å². The van der Waals surface area contributed by atoms with Gasteiger partial charge in [0.25, 0.3) is 0 Å². The number of aliphatic hydroxyl groups excluding tert-OH is 1. The van der Waals surface area contributed by atoms with Gasteiger partial charge >= 0.3 is 0 Å². The molecule has 5 heteroatoms. The molecular weight excluding hydrogens is 318 g/mol. The second kappa shape index (κ2) is 5.34. The lowest BCUT2D eigenvalue weighted by molar-refractivity contribution is 0.177. The van der Waals surface area contributed by atoms with E-state index in [1.54, 1.807) is 4.68 Å². The minimum Gasteiger partial charge on any atom is -0.388 e. The Balaban J connectivity index is 1.87. The molecule has 0 bridgehead atoms. The Kier molecular flexibility index (Phi) is 3.54. The van der Waals surface area contributed by atoms with Gasteiger partial charge in [-0.25, -0.2) is 0 Å². The van der Waals surface area contributed by atoms with Crippen LogP contribution in [0.25, 0.3) is 10.8 Å². The van der Waals surface area contributed by atoms with Crippen LogP contribution >= 0.6 is 15.9 Å². The smallest absolute Gasteiger partial charge is 0.0856 e. The molecule has 0 spiro atoms. The van der Waals surface area contributed by atoms with E-state index in [1.165, 1.54) is 0 Å². The van der Waals surface area contributed by atoms with Crippen LogP contribution in [-0.2, 0) is 13.5 Å². The third-order valence-electron chi connectivity index (χ3n) is 3.26. The molecule has 0 saturated heterocycles. The summed E-state index contributed by atoms with van der Waals surface area (Å²) in [7, 11) is 1.82. The lowest BCUT2D eigenvalue weighted by Crippen LogP contribution is -2.02. The Morgan fingerprint density at radius 3 is 2.70 bits per heavy atom. The molecule has 0 fully saturated rings. The molecule has 0 aliphatic heterocycles. The van der Waals surface area contributed by atoms with Gasteiger partial charge in [0.05, 0.1) is 11.8 Å². The van der Waals surface area contributed by atoms with Crippen LogP contribution < -0.4 is 0 Å². The van der Waals surface area contributed by atoms with Crippen molar-refractivity contribution in [3.8, 4) is 0 Å². The zero-order valence-electron chi connectivity index (χ0n) is 11.0. The molecule has 2 aromatic carbocycles. The third-order valence-corrected chi connectivity index (χ3v) is 3.76. The van der Waals surface area contributed by atoms with Crippen molar-refractivity contribution >= 4 is 26.7 Å². The average molecular weight is 332 g/mol. The number of benzene rings is 2. The molecule has 0 aliphatic rings. The van der Waals surface area contributed by atoms with Gasteiger partial charge < -0.3 is 5.11 Å². The number of aryl methyl sites for hydroxylation is 1. The summed E-state index contributed by atoms with van der Waals surface area (Å²) in [5.74, 6) is 0. The average Bonchev–Trinajstić information content (AvgIpc) is 2.83. The second-order valence-electron chi connectivity index (χ2n) is 4.85. The summed E-state index contributed by atoms with van der Waals surface area (Å²) in [4.78, 5) is 0. The fourth-order valence-corrected chi connectivity index (χ4v) is 2.63. The molecule has 102 valence electrons. The zero-order valence-corrected chi connectivity index (χ0v) is 12.6. The molecule has 3 rings (SSSR count). The predicted octanol–water partition coefficient (Wildman–Crippen LogP) is 3.01. The number of hydrogen-bond acceptors (Lipinski definition) is 3. The van der Waals surface area contributed by atoms with Gasteiger partial charge in [-0.1, -0.05) is 39.3 Å². The van der Waals surface area contributed by atoms with E-state index in [0.717, 1.165) is 26.5 Å². The maximum absolute atomic E-state index is 10.3. The van der Waals surface area contributed by atoms with Crippen molar-refractivity contribution in [3.05, 3.63) is 58.3 Å². The van der Waals surface area contributed by atoms with Crippen LogP contribution in [0.4, 0.5) is 0 Å². The Labute approximate surface area is 125 Å². The van der Waals surface area contributed by atoms with Gasteiger partial charge in [0.2, 0.25) is 0 Å². The molecule has 3 aromatic rings. The highest BCUT2D eigenvalue weighted by atomic mass is 79.9. The molecule has 20 heavy (non-hydrogen) atoms. The van der Waals surface area contributed by atoms with E-state index in [0.29, 0.717) is 6.42 Å². The molecule has 1 heterocycles. The van der Waals surface area contributed by atoms with E-state index in [-0.39, 0.29) is 0 Å². The van der Waals surface area contributed by atoms with Crippen LogP contribution in [0.15, 0.2) is 47.1 Å². The Bertz CT molecular complexity index is 754. The molecule has 1 unspecified atom stereocenters. The lowest BCUT2D eigenvalue weighted by Gasteiger charge is -2.10. The summed E-state index contributed by atoms with van der Waals surface area (Å²) >= 11 is 3.46. The maximum Gasteiger partial charge on any atom is 0.0856 e. The van der Waals surface area contributed by atoms with Crippen molar-refractivity contribution in [2.75, 3.05) is 0 Å². The number of halogens is 1. The summed E-state index contributed by atoms with van der Waals surface area (Å²) in [6, 6.07) is 12.1. The SMILES string of the molecule is Cn1cc(CC(O)c2ccc3cc(Br)ccc3c2)nn1. The fraction of sp³-hybridized carbons (Fsp3) is 0.200. The third kappa shape index (κ3) is 2.73. The summed E-state index contributed by atoms with van der Waals surface area (Å²) in [5.41, 5.74) is 1.68. The van der Waals surface area contributed by atoms with Crippen LogP contribution in [0.3, 0.4) is 0 Å². The van der Waals surface area contributed by atoms with Gasteiger partial charge in [-0.05, 0) is 34.5 Å². The zero-order chi connectivity index (χ0) is 14.1. The van der Waals surface area contributed by atoms with Gasteiger partial charge in [-0.2, -0.15) is 0 Å². The molecule has 0 radical (unpaired) electrons. The first kappa shape index (κ1) is 13.3. The van der Waals surface area contributed by atoms with Crippen LogP contribution in [0.5, 0.6) is 0 Å². The first-order valence-corrected chi connectivity index (χ1v) is 7.13. The van der Waals surface area contributed by atoms with Gasteiger partial charge in [-0.15, -0.1) is 5.10 Å². The Morgan fingerprint density at radius 2 is 1.95 bits per heavy atom. The first-order valence-electron chi connectivity index (χ1n) is 6.34. The Hall–Kier alpha value is -1.72. The summed E-state index contributed by atoms with van der Waals surface area (Å²) in [5, 5.41) is 20.4. The van der Waals surface area contributed by atoms with Crippen LogP contribution in [-0.4, -0.2) is 20.1 Å². The van der Waals surface area contributed by atoms with Crippen molar-refractivity contribution in [1.82, 2.24) is 15.0 Å². The lowest BCUT2D eigenvalue weighted by atomic mass is 10.0. The summed E-state index contributed by atoms with van der Waals surface area (Å²) in [6.07, 6.45) is 1.72. The number of hydrogen-bond donors (Lipinski definition) is 1. The van der Waals surface area contributed by atoms with E-state index < -0.39 is 6.10 Å². The second-order valence-corrected chi connectivity index (χ2v) is 5.77. The molecule has 1 aromatic heterocycles. The number of aromatic nitrogens is 3. The fourth-order valence-electron chi connectivity index (χ4n) is 2.25. The minimum atomic E-state index is -0.570. The van der Waals surface area contributed by atoms with Crippen LogP contribution in [0.1, 0.15) is 17.4 Å². The monoisotopic (exact) mass is 331 g/mol. The standard InChI is InChI=1S/C15H14BrN3O/c1-19-9-14(17-18-19)8-15(20)12-3-2-11-7-13(16)5-4-10(11)6-12/h2-7,9,15,20H,8H2,1H3. The van der Waals surface area contributed by atoms with Crippen molar-refractivity contribution in [1.29, 1.82) is 0 Å². The number of aliphatic hydroxyl groups is 1. The van der Waals surface area contributed by atoms with Gasteiger partial charge in [-0.3, -0.25) is 4.68 Å². The van der Waals surface area contributed by atoms with E-state index in [2.05, 4.69) is 32.3 Å². The van der Waals surface area contributed by atoms with Crippen molar-refractivity contribution in [3.63, 3.8) is 0 Å². The summed E-state index contributed by atoms with van der Waals surface area (Å²) < 4.78 is 2.69. The number of rotatable bonds is 3. The van der Waals surface area contributed by atoms with Crippen molar-refractivity contribution in [2.45, 2.75) is 12.5 Å². The van der Waals surface area contributed by atoms with E-state index in [9.17, 15) is 5.11 Å². The molecule has 1 N–H and O–H groups in total. The molecule has 0 saturated carbocycles. The van der Waals surface area contributed by atoms with Crippen molar-refractivity contribution in [2.24, 2.45) is 7.05 Å². The van der Waals surface area contributed by atoms with Gasteiger partial charge in [0.15, 0.2) is 0 Å². The molecule has 4 nitrogen and oxygen atoms in total. The van der Waals surface area contributed by atoms with E-state index in [1.807, 2.05) is 43.6 Å². The first-order chi connectivity index (χ1) is 9.61. The largest absolute Gasteiger partial charge is 0.388 e.